The van der Waals surface area contributed by atoms with E-state index in [-0.39, 0.29) is 11.4 Å². The fourth-order valence-electron chi connectivity index (χ4n) is 3.23. The Labute approximate surface area is 161 Å². The van der Waals surface area contributed by atoms with Crippen LogP contribution in [0.5, 0.6) is 0 Å². The summed E-state index contributed by atoms with van der Waals surface area (Å²) in [6.45, 7) is 6.68. The lowest BCUT2D eigenvalue weighted by atomic mass is 10.1. The van der Waals surface area contributed by atoms with Gasteiger partial charge in [0.1, 0.15) is 0 Å². The van der Waals surface area contributed by atoms with Crippen molar-refractivity contribution in [3.05, 3.63) is 64.5 Å². The standard InChI is InChI=1S/C20H19N5OS/c1-12-9-16(13(2)24(12)11-15-7-5-4-6-8-15)10-17-18(21)25-20(22-19(17)26)27-14(3)23-25/h4-10,21H,11H2,1-3H3/b17-10+,21-18?. The van der Waals surface area contributed by atoms with Crippen molar-refractivity contribution >= 4 is 39.8 Å². The van der Waals surface area contributed by atoms with Gasteiger partial charge in [-0.05, 0) is 55.8 Å². The van der Waals surface area contributed by atoms with Crippen LogP contribution < -0.4 is 0 Å². The number of amides is 1. The fraction of sp³-hybridized carbons (Fsp3) is 0.200. The minimum Gasteiger partial charge on any atom is -0.344 e. The number of hydrogen-bond donors (Lipinski definition) is 1. The number of fused-ring (bicyclic) bond motifs is 1. The van der Waals surface area contributed by atoms with Crippen LogP contribution in [0.4, 0.5) is 0 Å². The number of aliphatic imine (C=N–C) groups is 1. The highest BCUT2D eigenvalue weighted by molar-refractivity contribution is 8.26. The first kappa shape index (κ1) is 17.5. The molecule has 0 radical (unpaired) electrons. The van der Waals surface area contributed by atoms with Crippen molar-refractivity contribution in [2.45, 2.75) is 27.3 Å². The number of hydrazone groups is 1. The first-order valence-electron chi connectivity index (χ1n) is 8.61. The van der Waals surface area contributed by atoms with Crippen molar-refractivity contribution in [2.24, 2.45) is 10.1 Å². The van der Waals surface area contributed by atoms with Crippen LogP contribution in [0.15, 0.2) is 52.1 Å². The average molecular weight is 377 g/mol. The quantitative estimate of drug-likeness (QED) is 0.827. The van der Waals surface area contributed by atoms with Crippen molar-refractivity contribution < 1.29 is 4.79 Å². The third-order valence-electron chi connectivity index (χ3n) is 4.65. The first-order valence-corrected chi connectivity index (χ1v) is 9.43. The van der Waals surface area contributed by atoms with E-state index >= 15 is 0 Å². The molecule has 7 heteroatoms. The molecule has 2 aliphatic heterocycles. The highest BCUT2D eigenvalue weighted by Crippen LogP contribution is 2.29. The third-order valence-corrected chi connectivity index (χ3v) is 5.48. The molecule has 1 aromatic heterocycles. The topological polar surface area (TPSA) is 73.8 Å². The molecule has 1 N–H and O–H groups in total. The number of carbonyl (C=O) groups excluding carboxylic acids is 1. The summed E-state index contributed by atoms with van der Waals surface area (Å²) in [6, 6.07) is 12.3. The predicted molar refractivity (Wildman–Crippen MR) is 110 cm³/mol. The van der Waals surface area contributed by atoms with Gasteiger partial charge in [0, 0.05) is 17.9 Å². The van der Waals surface area contributed by atoms with Gasteiger partial charge in [-0.2, -0.15) is 15.1 Å². The maximum absolute atomic E-state index is 12.5. The maximum atomic E-state index is 12.5. The SMILES string of the molecule is CC1=NN2C(=N)/C(=C\c3cc(C)n(Cc4ccccc4)c3C)C(=O)N=C2S1. The van der Waals surface area contributed by atoms with Crippen molar-refractivity contribution in [3.8, 4) is 0 Å². The molecule has 0 fully saturated rings. The Kier molecular flexibility index (Phi) is 4.31. The second-order valence-electron chi connectivity index (χ2n) is 6.54. The molecule has 1 amide bonds. The summed E-state index contributed by atoms with van der Waals surface area (Å²) >= 11 is 1.31. The van der Waals surface area contributed by atoms with Gasteiger partial charge >= 0.3 is 0 Å². The Morgan fingerprint density at radius 1 is 1.19 bits per heavy atom. The largest absolute Gasteiger partial charge is 0.344 e. The van der Waals surface area contributed by atoms with E-state index in [1.165, 1.54) is 22.3 Å². The number of benzene rings is 1. The van der Waals surface area contributed by atoms with Gasteiger partial charge in [0.25, 0.3) is 5.91 Å². The molecule has 0 saturated heterocycles. The fourth-order valence-corrected chi connectivity index (χ4v) is 3.96. The minimum atomic E-state index is -0.392. The molecule has 4 rings (SSSR count). The molecule has 0 unspecified atom stereocenters. The smallest absolute Gasteiger partial charge is 0.283 e. The van der Waals surface area contributed by atoms with Gasteiger partial charge in [-0.15, -0.1) is 0 Å². The number of hydrogen-bond acceptors (Lipinski definition) is 4. The average Bonchev–Trinajstić information content (AvgIpc) is 3.13. The molecular formula is C20H19N5OS. The summed E-state index contributed by atoms with van der Waals surface area (Å²) in [6.07, 6.45) is 1.75. The lowest BCUT2D eigenvalue weighted by molar-refractivity contribution is -0.114. The first-order chi connectivity index (χ1) is 12.9. The molecule has 0 atom stereocenters. The molecular weight excluding hydrogens is 358 g/mol. The van der Waals surface area contributed by atoms with Crippen molar-refractivity contribution in [2.75, 3.05) is 0 Å². The Morgan fingerprint density at radius 3 is 2.67 bits per heavy atom. The van der Waals surface area contributed by atoms with Gasteiger partial charge in [0.15, 0.2) is 5.84 Å². The zero-order valence-electron chi connectivity index (χ0n) is 15.4. The summed E-state index contributed by atoms with van der Waals surface area (Å²) in [4.78, 5) is 16.5. The number of rotatable bonds is 3. The van der Waals surface area contributed by atoms with Crippen LogP contribution in [0.25, 0.3) is 6.08 Å². The molecule has 136 valence electrons. The van der Waals surface area contributed by atoms with Crippen molar-refractivity contribution in [3.63, 3.8) is 0 Å². The van der Waals surface area contributed by atoms with Crippen LogP contribution in [0, 0.1) is 19.3 Å². The van der Waals surface area contributed by atoms with Gasteiger partial charge in [0.2, 0.25) is 5.17 Å². The summed E-state index contributed by atoms with van der Waals surface area (Å²) in [7, 11) is 0. The monoisotopic (exact) mass is 377 g/mol. The van der Waals surface area contributed by atoms with Gasteiger partial charge in [0.05, 0.1) is 10.6 Å². The number of carbonyl (C=O) groups is 1. The van der Waals surface area contributed by atoms with E-state index in [0.717, 1.165) is 28.5 Å². The summed E-state index contributed by atoms with van der Waals surface area (Å²) in [5.74, 6) is -0.321. The number of aromatic nitrogens is 1. The number of nitrogens with zero attached hydrogens (tertiary/aromatic N) is 4. The van der Waals surface area contributed by atoms with Crippen LogP contribution in [-0.2, 0) is 11.3 Å². The second-order valence-corrected chi connectivity index (χ2v) is 7.70. The molecule has 6 nitrogen and oxygen atoms in total. The molecule has 2 aromatic rings. The number of aryl methyl sites for hydroxylation is 1. The van der Waals surface area contributed by atoms with Gasteiger partial charge in [-0.3, -0.25) is 10.2 Å². The molecule has 1 aromatic carbocycles. The van der Waals surface area contributed by atoms with Crippen LogP contribution >= 0.6 is 11.8 Å². The summed E-state index contributed by atoms with van der Waals surface area (Å²) in [5, 5.41) is 15.3. The second kappa shape index (κ2) is 6.66. The van der Waals surface area contributed by atoms with E-state index in [9.17, 15) is 4.79 Å². The highest BCUT2D eigenvalue weighted by Gasteiger charge is 2.34. The van der Waals surface area contributed by atoms with Crippen LogP contribution in [0.1, 0.15) is 29.4 Å². The van der Waals surface area contributed by atoms with E-state index < -0.39 is 5.91 Å². The van der Waals surface area contributed by atoms with Crippen LogP contribution in [0.3, 0.4) is 0 Å². The Morgan fingerprint density at radius 2 is 1.93 bits per heavy atom. The zero-order chi connectivity index (χ0) is 19.1. The van der Waals surface area contributed by atoms with Gasteiger partial charge < -0.3 is 4.57 Å². The third kappa shape index (κ3) is 3.14. The van der Waals surface area contributed by atoms with E-state index in [2.05, 4.69) is 26.8 Å². The number of amidine groups is 2. The zero-order valence-corrected chi connectivity index (χ0v) is 16.2. The van der Waals surface area contributed by atoms with Crippen LogP contribution in [0.2, 0.25) is 0 Å². The van der Waals surface area contributed by atoms with E-state index in [1.807, 2.05) is 45.0 Å². The summed E-state index contributed by atoms with van der Waals surface area (Å²) in [5.41, 5.74) is 4.55. The van der Waals surface area contributed by atoms with Crippen molar-refractivity contribution in [1.29, 1.82) is 5.41 Å². The summed E-state index contributed by atoms with van der Waals surface area (Å²) < 4.78 is 2.21. The molecule has 0 bridgehead atoms. The molecule has 27 heavy (non-hydrogen) atoms. The Balaban J connectivity index is 1.70. The van der Waals surface area contributed by atoms with E-state index in [0.29, 0.717) is 5.17 Å². The minimum absolute atomic E-state index is 0.0715. The molecule has 0 saturated carbocycles. The number of nitrogens with one attached hydrogen (secondary N) is 1. The Bertz CT molecular complexity index is 1050. The molecule has 3 heterocycles. The van der Waals surface area contributed by atoms with Crippen molar-refractivity contribution in [1.82, 2.24) is 9.58 Å². The molecule has 0 aliphatic carbocycles. The van der Waals surface area contributed by atoms with E-state index in [4.69, 9.17) is 5.41 Å². The van der Waals surface area contributed by atoms with Gasteiger partial charge in [-0.25, -0.2) is 0 Å². The Hall–Kier alpha value is -2.93. The molecule has 0 spiro atoms. The van der Waals surface area contributed by atoms with Gasteiger partial charge in [-0.1, -0.05) is 30.3 Å². The predicted octanol–water partition coefficient (Wildman–Crippen LogP) is 3.79. The lowest BCUT2D eigenvalue weighted by Crippen LogP contribution is -2.35. The van der Waals surface area contributed by atoms with E-state index in [1.54, 1.807) is 6.08 Å². The normalized spacial score (nSPS) is 18.0. The van der Waals surface area contributed by atoms with Crippen LogP contribution in [-0.4, -0.2) is 31.5 Å². The highest BCUT2D eigenvalue weighted by atomic mass is 32.2. The number of thioether (sulfide) groups is 1. The lowest BCUT2D eigenvalue weighted by Gasteiger charge is -2.20. The molecule has 2 aliphatic rings. The maximum Gasteiger partial charge on any atom is 0.283 e.